The molecule has 0 aliphatic heterocycles. The molecule has 1 aromatic heterocycles. The summed E-state index contributed by atoms with van der Waals surface area (Å²) in [7, 11) is 4.23. The Kier molecular flexibility index (Phi) is 6.16. The predicted octanol–water partition coefficient (Wildman–Crippen LogP) is 1.94. The summed E-state index contributed by atoms with van der Waals surface area (Å²) in [4.78, 5) is 6.76. The van der Waals surface area contributed by atoms with Gasteiger partial charge < -0.3 is 10.2 Å². The molecule has 1 N–H and O–H groups in total. The van der Waals surface area contributed by atoms with E-state index >= 15 is 0 Å². The molecule has 0 bridgehead atoms. The lowest BCUT2D eigenvalue weighted by Gasteiger charge is -2.31. The average molecular weight is 235 g/mol. The maximum atomic E-state index is 4.35. The van der Waals surface area contributed by atoms with E-state index in [9.17, 15) is 0 Å². The minimum Gasteiger partial charge on any atom is -0.315 e. The number of aromatic nitrogens is 1. The smallest absolute Gasteiger partial charge is 0.0416 e. The number of pyridine rings is 1. The molecular weight excluding hydrogens is 210 g/mol. The number of rotatable bonds is 7. The van der Waals surface area contributed by atoms with Crippen LogP contribution in [0.5, 0.6) is 0 Å². The Hall–Kier alpha value is -0.930. The lowest BCUT2D eigenvalue weighted by molar-refractivity contribution is 0.209. The van der Waals surface area contributed by atoms with Crippen molar-refractivity contribution in [3.05, 3.63) is 30.1 Å². The Balaban J connectivity index is 2.41. The van der Waals surface area contributed by atoms with Gasteiger partial charge in [-0.15, -0.1) is 0 Å². The zero-order chi connectivity index (χ0) is 12.7. The largest absolute Gasteiger partial charge is 0.315 e. The Morgan fingerprint density at radius 3 is 2.71 bits per heavy atom. The van der Waals surface area contributed by atoms with Gasteiger partial charge >= 0.3 is 0 Å². The highest BCUT2D eigenvalue weighted by atomic mass is 15.2. The van der Waals surface area contributed by atoms with Gasteiger partial charge in [-0.05, 0) is 39.6 Å². The van der Waals surface area contributed by atoms with Crippen molar-refractivity contribution in [3.8, 4) is 0 Å². The van der Waals surface area contributed by atoms with E-state index in [4.69, 9.17) is 0 Å². The molecule has 0 aromatic carbocycles. The summed E-state index contributed by atoms with van der Waals surface area (Å²) in [5.41, 5.74) is 1.17. The first-order valence-electron chi connectivity index (χ1n) is 6.46. The molecule has 17 heavy (non-hydrogen) atoms. The second kappa shape index (κ2) is 7.41. The molecule has 0 saturated heterocycles. The van der Waals surface area contributed by atoms with Crippen molar-refractivity contribution in [2.75, 3.05) is 20.6 Å². The molecule has 0 aliphatic carbocycles. The van der Waals surface area contributed by atoms with Gasteiger partial charge in [0.2, 0.25) is 0 Å². The molecule has 1 heterocycles. The fourth-order valence-electron chi connectivity index (χ4n) is 2.13. The van der Waals surface area contributed by atoms with E-state index in [1.165, 1.54) is 5.69 Å². The van der Waals surface area contributed by atoms with Gasteiger partial charge in [-0.3, -0.25) is 4.98 Å². The van der Waals surface area contributed by atoms with Crippen LogP contribution in [0.15, 0.2) is 24.4 Å². The first-order chi connectivity index (χ1) is 8.19. The van der Waals surface area contributed by atoms with Crippen molar-refractivity contribution in [3.63, 3.8) is 0 Å². The molecule has 0 spiro atoms. The van der Waals surface area contributed by atoms with Gasteiger partial charge in [0.1, 0.15) is 0 Å². The first kappa shape index (κ1) is 14.1. The SMILES string of the molecule is CCC(NC)C(C)N(C)CCc1ccccn1. The minimum absolute atomic E-state index is 0.550. The summed E-state index contributed by atoms with van der Waals surface area (Å²) < 4.78 is 0. The topological polar surface area (TPSA) is 28.2 Å². The van der Waals surface area contributed by atoms with E-state index in [2.05, 4.69) is 42.2 Å². The molecule has 0 fully saturated rings. The third-order valence-corrected chi connectivity index (χ3v) is 3.53. The number of nitrogens with zero attached hydrogens (tertiary/aromatic N) is 2. The molecule has 2 atom stereocenters. The minimum atomic E-state index is 0.550. The van der Waals surface area contributed by atoms with Gasteiger partial charge in [0.25, 0.3) is 0 Å². The molecule has 0 amide bonds. The van der Waals surface area contributed by atoms with Crippen LogP contribution in [0.25, 0.3) is 0 Å². The van der Waals surface area contributed by atoms with Crippen molar-refractivity contribution >= 4 is 0 Å². The Morgan fingerprint density at radius 2 is 2.18 bits per heavy atom. The van der Waals surface area contributed by atoms with Gasteiger partial charge in [0, 0.05) is 36.9 Å². The molecule has 0 aliphatic rings. The van der Waals surface area contributed by atoms with Crippen molar-refractivity contribution in [2.24, 2.45) is 0 Å². The standard InChI is InChI=1S/C14H25N3/c1-5-14(15-3)12(2)17(4)11-9-13-8-6-7-10-16-13/h6-8,10,12,14-15H,5,9,11H2,1-4H3. The number of likely N-dealkylation sites (N-methyl/N-ethyl adjacent to an activating group) is 2. The molecule has 2 unspecified atom stereocenters. The highest BCUT2D eigenvalue weighted by Gasteiger charge is 2.17. The second-order valence-corrected chi connectivity index (χ2v) is 4.60. The van der Waals surface area contributed by atoms with E-state index < -0.39 is 0 Å². The van der Waals surface area contributed by atoms with Crippen LogP contribution >= 0.6 is 0 Å². The summed E-state index contributed by atoms with van der Waals surface area (Å²) in [6.07, 6.45) is 4.04. The highest BCUT2D eigenvalue weighted by Crippen LogP contribution is 2.06. The normalized spacial score (nSPS) is 14.9. The fraction of sp³-hybridized carbons (Fsp3) is 0.643. The Labute approximate surface area is 105 Å². The van der Waals surface area contributed by atoms with Crippen LogP contribution in [0.1, 0.15) is 26.0 Å². The highest BCUT2D eigenvalue weighted by molar-refractivity contribution is 5.03. The first-order valence-corrected chi connectivity index (χ1v) is 6.46. The molecular formula is C14H25N3. The Bertz CT molecular complexity index is 296. The number of nitrogens with one attached hydrogen (secondary N) is 1. The van der Waals surface area contributed by atoms with E-state index in [-0.39, 0.29) is 0 Å². The number of hydrogen-bond donors (Lipinski definition) is 1. The monoisotopic (exact) mass is 235 g/mol. The van der Waals surface area contributed by atoms with Crippen molar-refractivity contribution in [1.29, 1.82) is 0 Å². The quantitative estimate of drug-likeness (QED) is 0.783. The van der Waals surface area contributed by atoms with Gasteiger partial charge in [-0.1, -0.05) is 13.0 Å². The summed E-state index contributed by atoms with van der Waals surface area (Å²) in [6.45, 7) is 5.56. The van der Waals surface area contributed by atoms with Crippen LogP contribution in [0.4, 0.5) is 0 Å². The summed E-state index contributed by atoms with van der Waals surface area (Å²) in [5.74, 6) is 0. The summed E-state index contributed by atoms with van der Waals surface area (Å²) in [5, 5.41) is 3.37. The van der Waals surface area contributed by atoms with E-state index in [0.29, 0.717) is 12.1 Å². The van der Waals surface area contributed by atoms with Crippen LogP contribution in [0.3, 0.4) is 0 Å². The van der Waals surface area contributed by atoms with Crippen LogP contribution in [-0.4, -0.2) is 42.6 Å². The molecule has 0 saturated carbocycles. The maximum Gasteiger partial charge on any atom is 0.0416 e. The third kappa shape index (κ3) is 4.44. The molecule has 1 aromatic rings. The average Bonchev–Trinajstić information content (AvgIpc) is 2.38. The van der Waals surface area contributed by atoms with Crippen LogP contribution in [0, 0.1) is 0 Å². The van der Waals surface area contributed by atoms with Crippen molar-refractivity contribution in [1.82, 2.24) is 15.2 Å². The molecule has 0 radical (unpaired) electrons. The van der Waals surface area contributed by atoms with Crippen LogP contribution in [-0.2, 0) is 6.42 Å². The van der Waals surface area contributed by atoms with E-state index in [0.717, 1.165) is 19.4 Å². The maximum absolute atomic E-state index is 4.35. The second-order valence-electron chi connectivity index (χ2n) is 4.60. The molecule has 96 valence electrons. The summed E-state index contributed by atoms with van der Waals surface area (Å²) in [6, 6.07) is 7.21. The van der Waals surface area contributed by atoms with Gasteiger partial charge in [0.15, 0.2) is 0 Å². The van der Waals surface area contributed by atoms with Gasteiger partial charge in [0.05, 0.1) is 0 Å². The lowest BCUT2D eigenvalue weighted by atomic mass is 10.1. The van der Waals surface area contributed by atoms with Crippen molar-refractivity contribution in [2.45, 2.75) is 38.8 Å². The van der Waals surface area contributed by atoms with Crippen LogP contribution in [0.2, 0.25) is 0 Å². The predicted molar refractivity (Wildman–Crippen MR) is 73.2 cm³/mol. The third-order valence-electron chi connectivity index (χ3n) is 3.53. The Morgan fingerprint density at radius 1 is 1.41 bits per heavy atom. The molecule has 3 nitrogen and oxygen atoms in total. The lowest BCUT2D eigenvalue weighted by Crippen LogP contribution is -2.46. The number of hydrogen-bond acceptors (Lipinski definition) is 3. The zero-order valence-corrected chi connectivity index (χ0v) is 11.5. The van der Waals surface area contributed by atoms with Gasteiger partial charge in [-0.2, -0.15) is 0 Å². The van der Waals surface area contributed by atoms with Gasteiger partial charge in [-0.25, -0.2) is 0 Å². The zero-order valence-electron chi connectivity index (χ0n) is 11.5. The molecule has 1 rings (SSSR count). The summed E-state index contributed by atoms with van der Waals surface area (Å²) >= 11 is 0. The molecule has 3 heteroatoms. The van der Waals surface area contributed by atoms with Crippen LogP contribution < -0.4 is 5.32 Å². The fourth-order valence-corrected chi connectivity index (χ4v) is 2.13. The van der Waals surface area contributed by atoms with E-state index in [1.54, 1.807) is 0 Å². The van der Waals surface area contributed by atoms with E-state index in [1.807, 2.05) is 25.4 Å². The van der Waals surface area contributed by atoms with Crippen molar-refractivity contribution < 1.29 is 0 Å².